The van der Waals surface area contributed by atoms with Gasteiger partial charge < -0.3 is 4.90 Å². The number of nitrogens with zero attached hydrogens (tertiary/aromatic N) is 2. The molecule has 0 unspecified atom stereocenters. The van der Waals surface area contributed by atoms with Gasteiger partial charge in [0.25, 0.3) is 5.91 Å². The fourth-order valence-electron chi connectivity index (χ4n) is 2.90. The first-order chi connectivity index (χ1) is 10.2. The molecule has 1 amide bonds. The number of carbonyl (C=O) groups excluding carboxylic acids is 1. The van der Waals surface area contributed by atoms with Crippen LogP contribution in [0.4, 0.5) is 0 Å². The Bertz CT molecular complexity index is 630. The number of halogens is 1. The largest absolute Gasteiger partial charge is 0.335 e. The smallest absolute Gasteiger partial charge is 0.255 e. The molecule has 1 aliphatic rings. The van der Waals surface area contributed by atoms with Crippen LogP contribution in [0.1, 0.15) is 28.8 Å². The van der Waals surface area contributed by atoms with Gasteiger partial charge in [0.05, 0.1) is 5.56 Å². The molecule has 1 saturated heterocycles. The number of carbonyl (C=O) groups is 1. The minimum atomic E-state index is 0.0854. The highest BCUT2D eigenvalue weighted by Gasteiger charge is 2.29. The van der Waals surface area contributed by atoms with Gasteiger partial charge in [-0.15, -0.1) is 0 Å². The first kappa shape index (κ1) is 14.3. The van der Waals surface area contributed by atoms with Crippen molar-refractivity contribution >= 4 is 21.8 Å². The summed E-state index contributed by atoms with van der Waals surface area (Å²) in [5.41, 5.74) is 1.94. The van der Waals surface area contributed by atoms with E-state index in [4.69, 9.17) is 0 Å². The lowest BCUT2D eigenvalue weighted by atomic mass is 10.0. The zero-order valence-electron chi connectivity index (χ0n) is 11.7. The van der Waals surface area contributed by atoms with Crippen LogP contribution in [-0.2, 0) is 6.42 Å². The summed E-state index contributed by atoms with van der Waals surface area (Å²) in [7, 11) is 0. The van der Waals surface area contributed by atoms with E-state index in [1.54, 1.807) is 12.4 Å². The standard InChI is InChI=1S/C17H17BrN2O/c18-15-10-14(11-19-12-15)17(21)20-8-4-7-16(20)9-13-5-2-1-3-6-13/h1-3,5-6,10-12,16H,4,7-9H2/t16-/m0/s1. The second-order valence-electron chi connectivity index (χ2n) is 5.38. The Morgan fingerprint density at radius 3 is 2.86 bits per heavy atom. The lowest BCUT2D eigenvalue weighted by Gasteiger charge is -2.25. The first-order valence-electron chi connectivity index (χ1n) is 7.19. The van der Waals surface area contributed by atoms with Crippen LogP contribution in [0.5, 0.6) is 0 Å². The molecule has 0 saturated carbocycles. The number of aromatic nitrogens is 1. The number of amides is 1. The number of rotatable bonds is 3. The van der Waals surface area contributed by atoms with E-state index in [1.165, 1.54) is 5.56 Å². The zero-order chi connectivity index (χ0) is 14.7. The molecule has 3 rings (SSSR count). The summed E-state index contributed by atoms with van der Waals surface area (Å²) in [5, 5.41) is 0. The van der Waals surface area contributed by atoms with Crippen molar-refractivity contribution in [2.45, 2.75) is 25.3 Å². The van der Waals surface area contributed by atoms with E-state index in [1.807, 2.05) is 17.0 Å². The van der Waals surface area contributed by atoms with Gasteiger partial charge in [-0.3, -0.25) is 9.78 Å². The first-order valence-corrected chi connectivity index (χ1v) is 7.99. The van der Waals surface area contributed by atoms with Crippen molar-refractivity contribution in [3.8, 4) is 0 Å². The predicted octanol–water partition coefficient (Wildman–Crippen LogP) is 3.69. The fourth-order valence-corrected chi connectivity index (χ4v) is 3.26. The second kappa shape index (κ2) is 6.39. The average Bonchev–Trinajstić information content (AvgIpc) is 2.95. The summed E-state index contributed by atoms with van der Waals surface area (Å²) < 4.78 is 0.840. The highest BCUT2D eigenvalue weighted by molar-refractivity contribution is 9.10. The minimum absolute atomic E-state index is 0.0854. The molecule has 3 nitrogen and oxygen atoms in total. The van der Waals surface area contributed by atoms with Crippen molar-refractivity contribution in [3.05, 3.63) is 64.4 Å². The molecule has 1 fully saturated rings. The minimum Gasteiger partial charge on any atom is -0.335 e. The summed E-state index contributed by atoms with van der Waals surface area (Å²) >= 11 is 3.37. The SMILES string of the molecule is O=C(c1cncc(Br)c1)N1CCC[C@H]1Cc1ccccc1. The van der Waals surface area contributed by atoms with E-state index in [-0.39, 0.29) is 5.91 Å². The quantitative estimate of drug-likeness (QED) is 0.850. The van der Waals surface area contributed by atoms with Crippen LogP contribution in [0, 0.1) is 0 Å². The van der Waals surface area contributed by atoms with E-state index < -0.39 is 0 Å². The highest BCUT2D eigenvalue weighted by atomic mass is 79.9. The summed E-state index contributed by atoms with van der Waals surface area (Å²) in [6.45, 7) is 0.836. The Morgan fingerprint density at radius 2 is 2.10 bits per heavy atom. The summed E-state index contributed by atoms with van der Waals surface area (Å²) in [4.78, 5) is 18.8. The molecule has 0 aliphatic carbocycles. The number of pyridine rings is 1. The predicted molar refractivity (Wildman–Crippen MR) is 86.1 cm³/mol. The van der Waals surface area contributed by atoms with Crippen LogP contribution in [0.2, 0.25) is 0 Å². The van der Waals surface area contributed by atoms with E-state index in [0.29, 0.717) is 11.6 Å². The van der Waals surface area contributed by atoms with Crippen LogP contribution >= 0.6 is 15.9 Å². The molecule has 1 aromatic heterocycles. The third-order valence-electron chi connectivity index (χ3n) is 3.90. The molecule has 1 atom stereocenters. The molecule has 0 bridgehead atoms. The van der Waals surface area contributed by atoms with Crippen molar-refractivity contribution in [2.24, 2.45) is 0 Å². The molecule has 0 radical (unpaired) electrons. The van der Waals surface area contributed by atoms with Gasteiger partial charge >= 0.3 is 0 Å². The maximum Gasteiger partial charge on any atom is 0.255 e. The monoisotopic (exact) mass is 344 g/mol. The van der Waals surface area contributed by atoms with Crippen molar-refractivity contribution < 1.29 is 4.79 Å². The number of benzene rings is 1. The molecular weight excluding hydrogens is 328 g/mol. The third-order valence-corrected chi connectivity index (χ3v) is 4.34. The maximum absolute atomic E-state index is 12.7. The summed E-state index contributed by atoms with van der Waals surface area (Å²) in [6, 6.07) is 12.5. The zero-order valence-corrected chi connectivity index (χ0v) is 13.3. The Labute approximate surface area is 133 Å². The van der Waals surface area contributed by atoms with Crippen LogP contribution in [-0.4, -0.2) is 28.4 Å². The molecule has 108 valence electrons. The van der Waals surface area contributed by atoms with Gasteiger partial charge in [0.15, 0.2) is 0 Å². The van der Waals surface area contributed by atoms with Gasteiger partial charge in [-0.1, -0.05) is 30.3 Å². The fraction of sp³-hybridized carbons (Fsp3) is 0.294. The second-order valence-corrected chi connectivity index (χ2v) is 6.29. The normalized spacial score (nSPS) is 18.0. The molecule has 1 aromatic carbocycles. The molecule has 0 N–H and O–H groups in total. The van der Waals surface area contributed by atoms with E-state index >= 15 is 0 Å². The Morgan fingerprint density at radius 1 is 1.29 bits per heavy atom. The van der Waals surface area contributed by atoms with Crippen LogP contribution < -0.4 is 0 Å². The van der Waals surface area contributed by atoms with Crippen LogP contribution in [0.3, 0.4) is 0 Å². The van der Waals surface area contributed by atoms with Crippen molar-refractivity contribution in [1.82, 2.24) is 9.88 Å². The van der Waals surface area contributed by atoms with Gasteiger partial charge in [0.1, 0.15) is 0 Å². The summed E-state index contributed by atoms with van der Waals surface area (Å²) in [5.74, 6) is 0.0854. The molecule has 2 aromatic rings. The Hall–Kier alpha value is -1.68. The van der Waals surface area contributed by atoms with Crippen molar-refractivity contribution in [1.29, 1.82) is 0 Å². The molecule has 21 heavy (non-hydrogen) atoms. The van der Waals surface area contributed by atoms with Crippen LogP contribution in [0.15, 0.2) is 53.3 Å². The average molecular weight is 345 g/mol. The summed E-state index contributed by atoms with van der Waals surface area (Å²) in [6.07, 6.45) is 6.41. The van der Waals surface area contributed by atoms with Gasteiger partial charge in [0, 0.05) is 29.5 Å². The lowest BCUT2D eigenvalue weighted by molar-refractivity contribution is 0.0736. The van der Waals surface area contributed by atoms with E-state index in [9.17, 15) is 4.79 Å². The van der Waals surface area contributed by atoms with E-state index in [2.05, 4.69) is 45.2 Å². The van der Waals surface area contributed by atoms with Gasteiger partial charge in [-0.2, -0.15) is 0 Å². The molecule has 0 spiro atoms. The molecule has 2 heterocycles. The molecular formula is C17H17BrN2O. The molecule has 4 heteroatoms. The third kappa shape index (κ3) is 3.32. The Balaban J connectivity index is 1.76. The lowest BCUT2D eigenvalue weighted by Crippen LogP contribution is -2.36. The van der Waals surface area contributed by atoms with Crippen molar-refractivity contribution in [2.75, 3.05) is 6.54 Å². The number of likely N-dealkylation sites (tertiary alicyclic amines) is 1. The van der Waals surface area contributed by atoms with Crippen molar-refractivity contribution in [3.63, 3.8) is 0 Å². The van der Waals surface area contributed by atoms with Gasteiger partial charge in [0.2, 0.25) is 0 Å². The van der Waals surface area contributed by atoms with E-state index in [0.717, 1.165) is 30.3 Å². The van der Waals surface area contributed by atoms with Gasteiger partial charge in [-0.05, 0) is 46.8 Å². The Kier molecular flexibility index (Phi) is 4.34. The number of hydrogen-bond donors (Lipinski definition) is 0. The topological polar surface area (TPSA) is 33.2 Å². The molecule has 1 aliphatic heterocycles. The van der Waals surface area contributed by atoms with Crippen LogP contribution in [0.25, 0.3) is 0 Å². The highest BCUT2D eigenvalue weighted by Crippen LogP contribution is 2.24. The van der Waals surface area contributed by atoms with Gasteiger partial charge in [-0.25, -0.2) is 0 Å². The maximum atomic E-state index is 12.7. The number of hydrogen-bond acceptors (Lipinski definition) is 2.